The van der Waals surface area contributed by atoms with Gasteiger partial charge in [0.05, 0.1) is 6.10 Å². The van der Waals surface area contributed by atoms with E-state index in [1.165, 1.54) is 9.75 Å². The molecule has 5 atom stereocenters. The van der Waals surface area contributed by atoms with Gasteiger partial charge in [0, 0.05) is 28.3 Å². The van der Waals surface area contributed by atoms with Gasteiger partial charge in [0.2, 0.25) is 0 Å². The number of benzene rings is 1. The summed E-state index contributed by atoms with van der Waals surface area (Å²) in [6.45, 7) is 2.83. The number of rotatable bonds is 5. The molecule has 2 aliphatic carbocycles. The predicted molar refractivity (Wildman–Crippen MR) is 111 cm³/mol. The molecule has 1 heterocycles. The first-order valence-electron chi connectivity index (χ1n) is 9.52. The second-order valence-corrected chi connectivity index (χ2v) is 8.87. The molecule has 1 aromatic heterocycles. The average molecular weight is 410 g/mol. The summed E-state index contributed by atoms with van der Waals surface area (Å²) in [5.74, 6) is 1.01. The van der Waals surface area contributed by atoms with E-state index >= 15 is 0 Å². The van der Waals surface area contributed by atoms with E-state index in [2.05, 4.69) is 18.3 Å². The van der Waals surface area contributed by atoms with Crippen LogP contribution in [0.2, 0.25) is 0 Å². The van der Waals surface area contributed by atoms with Crippen LogP contribution in [0.1, 0.15) is 40.7 Å². The van der Waals surface area contributed by atoms with Crippen molar-refractivity contribution in [3.63, 3.8) is 0 Å². The number of aliphatic hydroxyl groups excluding tert-OH is 2. The summed E-state index contributed by atoms with van der Waals surface area (Å²) >= 11 is 1.80. The summed E-state index contributed by atoms with van der Waals surface area (Å²) in [4.78, 5) is 2.61. The van der Waals surface area contributed by atoms with Gasteiger partial charge in [-0.2, -0.15) is 0 Å². The summed E-state index contributed by atoms with van der Waals surface area (Å²) < 4.78 is 5.94. The fourth-order valence-electron chi connectivity index (χ4n) is 4.24. The summed E-state index contributed by atoms with van der Waals surface area (Å²) in [6.07, 6.45) is 2.69. The Bertz CT molecular complexity index is 738. The third-order valence-corrected chi connectivity index (χ3v) is 6.83. The van der Waals surface area contributed by atoms with E-state index in [0.717, 1.165) is 43.5 Å². The number of ether oxygens (including phenoxy) is 1. The molecule has 4 nitrogen and oxygen atoms in total. The Morgan fingerprint density at radius 2 is 1.93 bits per heavy atom. The predicted octanol–water partition coefficient (Wildman–Crippen LogP) is 3.63. The number of hydrogen-bond donors (Lipinski definition) is 3. The van der Waals surface area contributed by atoms with Crippen molar-refractivity contribution < 1.29 is 14.9 Å². The van der Waals surface area contributed by atoms with Crippen LogP contribution in [0.3, 0.4) is 0 Å². The van der Waals surface area contributed by atoms with Gasteiger partial charge in [0.15, 0.2) is 0 Å². The van der Waals surface area contributed by atoms with Crippen molar-refractivity contribution in [1.82, 2.24) is 5.32 Å². The molecule has 2 aliphatic rings. The Kier molecular flexibility index (Phi) is 6.82. The molecule has 0 saturated heterocycles. The number of aliphatic hydroxyl groups is 2. The molecule has 148 valence electrons. The first-order chi connectivity index (χ1) is 12.6. The molecule has 0 amide bonds. The first-order valence-corrected chi connectivity index (χ1v) is 10.3. The van der Waals surface area contributed by atoms with Crippen molar-refractivity contribution in [2.24, 2.45) is 5.92 Å². The van der Waals surface area contributed by atoms with Crippen LogP contribution in [-0.2, 0) is 6.42 Å². The molecule has 0 bridgehead atoms. The Balaban J connectivity index is 0.00000210. The smallest absolute Gasteiger partial charge is 0.126 e. The maximum atomic E-state index is 10.7. The monoisotopic (exact) mass is 409 g/mol. The van der Waals surface area contributed by atoms with E-state index in [0.29, 0.717) is 0 Å². The minimum atomic E-state index is -0.519. The third kappa shape index (κ3) is 4.49. The number of thiophene rings is 1. The van der Waals surface area contributed by atoms with Gasteiger partial charge in [-0.1, -0.05) is 18.2 Å². The molecule has 6 heteroatoms. The van der Waals surface area contributed by atoms with E-state index in [4.69, 9.17) is 4.74 Å². The van der Waals surface area contributed by atoms with Gasteiger partial charge in [-0.3, -0.25) is 0 Å². The van der Waals surface area contributed by atoms with Crippen LogP contribution in [0, 0.1) is 12.8 Å². The highest BCUT2D eigenvalue weighted by molar-refractivity contribution is 7.12. The van der Waals surface area contributed by atoms with Gasteiger partial charge in [-0.25, -0.2) is 0 Å². The second kappa shape index (κ2) is 8.93. The fourth-order valence-corrected chi connectivity index (χ4v) is 5.33. The SMILES string of the molecule is Cc1cc2c(s1)CCC(CNC1CCC(Oc3ccccc3)C1O)C2O.Cl. The minimum Gasteiger partial charge on any atom is -0.488 e. The minimum absolute atomic E-state index is 0. The summed E-state index contributed by atoms with van der Waals surface area (Å²) in [5, 5.41) is 24.8. The second-order valence-electron chi connectivity index (χ2n) is 7.53. The molecule has 3 N–H and O–H groups in total. The topological polar surface area (TPSA) is 61.7 Å². The average Bonchev–Trinajstić information content (AvgIpc) is 3.19. The molecule has 27 heavy (non-hydrogen) atoms. The maximum Gasteiger partial charge on any atom is 0.126 e. The largest absolute Gasteiger partial charge is 0.488 e. The zero-order chi connectivity index (χ0) is 18.1. The number of halogens is 1. The normalized spacial score (nSPS) is 29.8. The van der Waals surface area contributed by atoms with E-state index in [-0.39, 0.29) is 30.5 Å². The third-order valence-electron chi connectivity index (χ3n) is 5.70. The van der Waals surface area contributed by atoms with Crippen LogP contribution in [0.25, 0.3) is 0 Å². The molecule has 1 saturated carbocycles. The Morgan fingerprint density at radius 1 is 1.15 bits per heavy atom. The van der Waals surface area contributed by atoms with Gasteiger partial charge in [-0.05, 0) is 56.4 Å². The van der Waals surface area contributed by atoms with Crippen LogP contribution in [0.15, 0.2) is 36.4 Å². The highest BCUT2D eigenvalue weighted by Crippen LogP contribution is 2.39. The van der Waals surface area contributed by atoms with Gasteiger partial charge in [0.1, 0.15) is 18.0 Å². The summed E-state index contributed by atoms with van der Waals surface area (Å²) in [7, 11) is 0. The van der Waals surface area contributed by atoms with Gasteiger partial charge >= 0.3 is 0 Å². The zero-order valence-corrected chi connectivity index (χ0v) is 17.1. The lowest BCUT2D eigenvalue weighted by atomic mass is 9.85. The zero-order valence-electron chi connectivity index (χ0n) is 15.5. The number of fused-ring (bicyclic) bond motifs is 1. The molecule has 0 spiro atoms. The van der Waals surface area contributed by atoms with Crippen molar-refractivity contribution in [3.8, 4) is 5.75 Å². The fraction of sp³-hybridized carbons (Fsp3) is 0.524. The van der Waals surface area contributed by atoms with Gasteiger partial charge in [0.25, 0.3) is 0 Å². The van der Waals surface area contributed by atoms with E-state index in [9.17, 15) is 10.2 Å². The van der Waals surface area contributed by atoms with Crippen LogP contribution in [-0.4, -0.2) is 35.0 Å². The van der Waals surface area contributed by atoms with Crippen molar-refractivity contribution in [1.29, 1.82) is 0 Å². The van der Waals surface area contributed by atoms with Crippen LogP contribution in [0.5, 0.6) is 5.75 Å². The van der Waals surface area contributed by atoms with Crippen molar-refractivity contribution in [2.45, 2.75) is 57.0 Å². The standard InChI is InChI=1S/C21H27NO3S.ClH/c1-13-11-16-19(26-13)10-7-14(20(16)23)12-22-17-8-9-18(21(17)24)25-15-5-3-2-4-6-15;/h2-6,11,14,17-18,20-24H,7-10,12H2,1H3;1H. The lowest BCUT2D eigenvalue weighted by molar-refractivity contribution is 0.0399. The van der Waals surface area contributed by atoms with E-state index in [1.54, 1.807) is 11.3 Å². The molecule has 2 aromatic rings. The molecule has 0 aliphatic heterocycles. The van der Waals surface area contributed by atoms with Gasteiger partial charge in [-0.15, -0.1) is 23.7 Å². The quantitative estimate of drug-likeness (QED) is 0.705. The molecule has 1 fully saturated rings. The maximum absolute atomic E-state index is 10.7. The van der Waals surface area contributed by atoms with E-state index in [1.807, 2.05) is 30.3 Å². The summed E-state index contributed by atoms with van der Waals surface area (Å²) in [6, 6.07) is 11.8. The van der Waals surface area contributed by atoms with Gasteiger partial charge < -0.3 is 20.3 Å². The molecular weight excluding hydrogens is 382 g/mol. The first kappa shape index (κ1) is 20.6. The Labute approximate surface area is 171 Å². The van der Waals surface area contributed by atoms with Crippen LogP contribution in [0.4, 0.5) is 0 Å². The lowest BCUT2D eigenvalue weighted by Gasteiger charge is -2.30. The molecular formula is C21H28ClNO3S. The highest BCUT2D eigenvalue weighted by Gasteiger charge is 2.37. The lowest BCUT2D eigenvalue weighted by Crippen LogP contribution is -2.44. The van der Waals surface area contributed by atoms with E-state index < -0.39 is 12.2 Å². The van der Waals surface area contributed by atoms with Crippen molar-refractivity contribution in [2.75, 3.05) is 6.54 Å². The Hall–Kier alpha value is -1.11. The molecule has 0 radical (unpaired) electrons. The van der Waals surface area contributed by atoms with Crippen molar-refractivity contribution >= 4 is 23.7 Å². The number of aryl methyl sites for hydroxylation is 2. The highest BCUT2D eigenvalue weighted by atomic mass is 35.5. The Morgan fingerprint density at radius 3 is 2.70 bits per heavy atom. The number of hydrogen-bond acceptors (Lipinski definition) is 5. The molecule has 5 unspecified atom stereocenters. The summed E-state index contributed by atoms with van der Waals surface area (Å²) in [5.41, 5.74) is 1.11. The van der Waals surface area contributed by atoms with Crippen LogP contribution >= 0.6 is 23.7 Å². The molecule has 4 rings (SSSR count). The number of para-hydroxylation sites is 1. The van der Waals surface area contributed by atoms with Crippen LogP contribution < -0.4 is 10.1 Å². The van der Waals surface area contributed by atoms with Crippen molar-refractivity contribution in [3.05, 3.63) is 51.7 Å². The number of nitrogens with one attached hydrogen (secondary N) is 1. The molecule has 1 aromatic carbocycles.